The normalized spacial score (nSPS) is 12.6. The van der Waals surface area contributed by atoms with Crippen molar-refractivity contribution in [2.45, 2.75) is 12.3 Å². The molecule has 16 heavy (non-hydrogen) atoms. The number of rotatable bonds is 4. The molecule has 2 nitrogen and oxygen atoms in total. The maximum absolute atomic E-state index is 9.43. The Balaban J connectivity index is 2.20. The Kier molecular flexibility index (Phi) is 3.93. The molecule has 84 valence electrons. The highest BCUT2D eigenvalue weighted by atomic mass is 35.5. The van der Waals surface area contributed by atoms with Crippen LogP contribution in [0.25, 0.3) is 0 Å². The minimum Gasteiger partial charge on any atom is -0.396 e. The number of aliphatic hydroxyl groups excluding tert-OH is 1. The van der Waals surface area contributed by atoms with Crippen molar-refractivity contribution in [1.29, 1.82) is 0 Å². The van der Waals surface area contributed by atoms with E-state index in [-0.39, 0.29) is 12.5 Å². The zero-order valence-corrected chi connectivity index (χ0v) is 10.2. The lowest BCUT2D eigenvalue weighted by Crippen LogP contribution is -2.07. The molecule has 1 aromatic heterocycles. The molecule has 0 amide bonds. The van der Waals surface area contributed by atoms with Crippen LogP contribution in [-0.4, -0.2) is 16.7 Å². The lowest BCUT2D eigenvalue weighted by Gasteiger charge is -2.14. The van der Waals surface area contributed by atoms with Crippen molar-refractivity contribution in [3.63, 3.8) is 0 Å². The van der Waals surface area contributed by atoms with Crippen molar-refractivity contribution < 1.29 is 5.11 Å². The number of aromatic nitrogens is 1. The van der Waals surface area contributed by atoms with Crippen LogP contribution in [0.15, 0.2) is 36.0 Å². The van der Waals surface area contributed by atoms with Crippen LogP contribution in [0.3, 0.4) is 0 Å². The zero-order chi connectivity index (χ0) is 11.4. The van der Waals surface area contributed by atoms with Gasteiger partial charge < -0.3 is 5.11 Å². The number of aliphatic hydroxyl groups is 1. The van der Waals surface area contributed by atoms with E-state index in [1.807, 2.05) is 30.5 Å². The maximum atomic E-state index is 9.43. The molecule has 0 bridgehead atoms. The molecule has 1 aromatic carbocycles. The SMILES string of the molecule is OCC(Cc1cncs1)c1ccccc1Cl. The first-order valence-electron chi connectivity index (χ1n) is 5.04. The van der Waals surface area contributed by atoms with Gasteiger partial charge in [0.1, 0.15) is 0 Å². The van der Waals surface area contributed by atoms with Crippen LogP contribution < -0.4 is 0 Å². The Morgan fingerprint density at radius 3 is 2.81 bits per heavy atom. The molecule has 0 aliphatic heterocycles. The second kappa shape index (κ2) is 5.43. The van der Waals surface area contributed by atoms with E-state index in [0.29, 0.717) is 5.02 Å². The van der Waals surface area contributed by atoms with E-state index in [4.69, 9.17) is 11.6 Å². The van der Waals surface area contributed by atoms with Crippen molar-refractivity contribution in [2.24, 2.45) is 0 Å². The summed E-state index contributed by atoms with van der Waals surface area (Å²) in [5.74, 6) is 0.0501. The Labute approximate surface area is 104 Å². The fraction of sp³-hybridized carbons (Fsp3) is 0.250. The largest absolute Gasteiger partial charge is 0.396 e. The van der Waals surface area contributed by atoms with Gasteiger partial charge >= 0.3 is 0 Å². The van der Waals surface area contributed by atoms with E-state index in [0.717, 1.165) is 12.0 Å². The van der Waals surface area contributed by atoms with Crippen molar-refractivity contribution >= 4 is 22.9 Å². The lowest BCUT2D eigenvalue weighted by atomic mass is 9.96. The van der Waals surface area contributed by atoms with Gasteiger partial charge in [0.05, 0.1) is 12.1 Å². The summed E-state index contributed by atoms with van der Waals surface area (Å²) in [5.41, 5.74) is 2.80. The molecule has 0 saturated carbocycles. The molecule has 2 rings (SSSR count). The summed E-state index contributed by atoms with van der Waals surface area (Å²) >= 11 is 7.72. The second-order valence-electron chi connectivity index (χ2n) is 3.57. The molecule has 4 heteroatoms. The third-order valence-corrected chi connectivity index (χ3v) is 3.64. The molecule has 0 spiro atoms. The van der Waals surface area contributed by atoms with Gasteiger partial charge in [0.15, 0.2) is 0 Å². The Bertz CT molecular complexity index is 444. The van der Waals surface area contributed by atoms with Crippen molar-refractivity contribution in [3.8, 4) is 0 Å². The van der Waals surface area contributed by atoms with Crippen LogP contribution in [0, 0.1) is 0 Å². The summed E-state index contributed by atoms with van der Waals surface area (Å²) in [7, 11) is 0. The summed E-state index contributed by atoms with van der Waals surface area (Å²) in [6.07, 6.45) is 2.62. The van der Waals surface area contributed by atoms with Gasteiger partial charge in [-0.1, -0.05) is 29.8 Å². The van der Waals surface area contributed by atoms with Crippen LogP contribution in [0.1, 0.15) is 16.4 Å². The standard InChI is InChI=1S/C12H12ClNOS/c13-12-4-2-1-3-11(12)9(7-15)5-10-6-14-8-16-10/h1-4,6,8-9,15H,5,7H2. The Morgan fingerprint density at radius 2 is 2.19 bits per heavy atom. The summed E-state index contributed by atoms with van der Waals surface area (Å²) in [5, 5.41) is 10.1. The van der Waals surface area contributed by atoms with Gasteiger partial charge in [0, 0.05) is 22.0 Å². The predicted octanol–water partition coefficient (Wildman–Crippen LogP) is 3.12. The molecular formula is C12H12ClNOS. The molecule has 1 heterocycles. The molecule has 2 aromatic rings. The summed E-state index contributed by atoms with van der Waals surface area (Å²) < 4.78 is 0. The average Bonchev–Trinajstić information content (AvgIpc) is 2.80. The third-order valence-electron chi connectivity index (χ3n) is 2.50. The van der Waals surface area contributed by atoms with Gasteiger partial charge in [-0.3, -0.25) is 4.98 Å². The van der Waals surface area contributed by atoms with Gasteiger partial charge in [-0.25, -0.2) is 0 Å². The molecule has 1 unspecified atom stereocenters. The average molecular weight is 254 g/mol. The first kappa shape index (κ1) is 11.6. The van der Waals surface area contributed by atoms with Gasteiger partial charge in [0.25, 0.3) is 0 Å². The molecule has 0 radical (unpaired) electrons. The molecule has 0 aliphatic rings. The topological polar surface area (TPSA) is 33.1 Å². The number of benzene rings is 1. The van der Waals surface area contributed by atoms with E-state index in [9.17, 15) is 5.11 Å². The Morgan fingerprint density at radius 1 is 1.38 bits per heavy atom. The predicted molar refractivity (Wildman–Crippen MR) is 67.1 cm³/mol. The number of halogens is 1. The van der Waals surface area contributed by atoms with E-state index in [2.05, 4.69) is 4.98 Å². The third kappa shape index (κ3) is 2.61. The van der Waals surface area contributed by atoms with Crippen LogP contribution in [0.4, 0.5) is 0 Å². The van der Waals surface area contributed by atoms with Crippen LogP contribution >= 0.6 is 22.9 Å². The minimum absolute atomic E-state index is 0.0501. The first-order chi connectivity index (χ1) is 7.81. The van der Waals surface area contributed by atoms with Crippen LogP contribution in [0.2, 0.25) is 5.02 Å². The van der Waals surface area contributed by atoms with Gasteiger partial charge in [-0.15, -0.1) is 11.3 Å². The fourth-order valence-corrected chi connectivity index (χ4v) is 2.63. The van der Waals surface area contributed by atoms with Crippen LogP contribution in [-0.2, 0) is 6.42 Å². The molecule has 1 N–H and O–H groups in total. The lowest BCUT2D eigenvalue weighted by molar-refractivity contribution is 0.265. The molecule has 0 saturated heterocycles. The monoisotopic (exact) mass is 253 g/mol. The summed E-state index contributed by atoms with van der Waals surface area (Å²) in [6.45, 7) is 0.0988. The number of thiazole rings is 1. The highest BCUT2D eigenvalue weighted by Crippen LogP contribution is 2.27. The van der Waals surface area contributed by atoms with E-state index in [1.54, 1.807) is 16.8 Å². The van der Waals surface area contributed by atoms with Crippen molar-refractivity contribution in [2.75, 3.05) is 6.61 Å². The van der Waals surface area contributed by atoms with Crippen LogP contribution in [0.5, 0.6) is 0 Å². The number of hydrogen-bond donors (Lipinski definition) is 1. The smallest absolute Gasteiger partial charge is 0.0794 e. The maximum Gasteiger partial charge on any atom is 0.0794 e. The molecule has 0 fully saturated rings. The highest BCUT2D eigenvalue weighted by Gasteiger charge is 2.14. The minimum atomic E-state index is 0.0501. The fourth-order valence-electron chi connectivity index (χ4n) is 1.66. The van der Waals surface area contributed by atoms with Crippen molar-refractivity contribution in [1.82, 2.24) is 4.98 Å². The highest BCUT2D eigenvalue weighted by molar-refractivity contribution is 7.09. The molecular weight excluding hydrogens is 242 g/mol. The molecule has 0 aliphatic carbocycles. The van der Waals surface area contributed by atoms with E-state index in [1.165, 1.54) is 4.88 Å². The van der Waals surface area contributed by atoms with Crippen molar-refractivity contribution in [3.05, 3.63) is 51.4 Å². The summed E-state index contributed by atoms with van der Waals surface area (Å²) in [6, 6.07) is 7.65. The summed E-state index contributed by atoms with van der Waals surface area (Å²) in [4.78, 5) is 5.20. The molecule has 1 atom stereocenters. The quantitative estimate of drug-likeness (QED) is 0.908. The van der Waals surface area contributed by atoms with E-state index < -0.39 is 0 Å². The number of nitrogens with zero attached hydrogens (tertiary/aromatic N) is 1. The van der Waals surface area contributed by atoms with Gasteiger partial charge in [0.2, 0.25) is 0 Å². The van der Waals surface area contributed by atoms with E-state index >= 15 is 0 Å². The first-order valence-corrected chi connectivity index (χ1v) is 6.29. The van der Waals surface area contributed by atoms with Gasteiger partial charge in [-0.05, 0) is 18.1 Å². The zero-order valence-electron chi connectivity index (χ0n) is 8.64. The second-order valence-corrected chi connectivity index (χ2v) is 4.95. The van der Waals surface area contributed by atoms with Gasteiger partial charge in [-0.2, -0.15) is 0 Å². The number of hydrogen-bond acceptors (Lipinski definition) is 3. The Hall–Kier alpha value is -0.900.